The molecule has 3 aromatic rings. The van der Waals surface area contributed by atoms with E-state index >= 15 is 0 Å². The summed E-state index contributed by atoms with van der Waals surface area (Å²) < 4.78 is 39.8. The molecule has 0 saturated carbocycles. The van der Waals surface area contributed by atoms with Crippen LogP contribution in [-0.2, 0) is 17.4 Å². The Kier molecular flexibility index (Phi) is 5.19. The minimum atomic E-state index is -4.67. The van der Waals surface area contributed by atoms with Crippen molar-refractivity contribution in [2.75, 3.05) is 6.54 Å². The number of hydrogen-bond acceptors (Lipinski definition) is 2. The van der Waals surface area contributed by atoms with Crippen LogP contribution in [0.2, 0.25) is 5.02 Å². The van der Waals surface area contributed by atoms with Gasteiger partial charge in [-0.1, -0.05) is 29.8 Å². The summed E-state index contributed by atoms with van der Waals surface area (Å²) in [5.74, 6) is -0.425. The summed E-state index contributed by atoms with van der Waals surface area (Å²) >= 11 is 5.74. The lowest BCUT2D eigenvalue weighted by molar-refractivity contribution is -0.141. The molecule has 1 unspecified atom stereocenters. The first-order valence-corrected chi connectivity index (χ1v) is 8.72. The molecule has 3 rings (SSSR count). The third-order valence-electron chi connectivity index (χ3n) is 4.46. The lowest BCUT2D eigenvalue weighted by Gasteiger charge is -2.14. The number of benzene rings is 1. The van der Waals surface area contributed by atoms with Gasteiger partial charge >= 0.3 is 6.18 Å². The molecule has 2 heterocycles. The molecule has 1 atom stereocenters. The molecule has 0 aliphatic heterocycles. The maximum atomic E-state index is 12.9. The van der Waals surface area contributed by atoms with Gasteiger partial charge in [0.05, 0.1) is 10.7 Å². The van der Waals surface area contributed by atoms with Crippen LogP contribution in [0.4, 0.5) is 13.2 Å². The van der Waals surface area contributed by atoms with Crippen LogP contribution < -0.4 is 5.32 Å². The molecular formula is C18H18ClF3N4O. The zero-order chi connectivity index (χ0) is 19.8. The normalized spacial score (nSPS) is 13.1. The first-order valence-electron chi connectivity index (χ1n) is 8.34. The van der Waals surface area contributed by atoms with E-state index in [1.165, 1.54) is 13.8 Å². The van der Waals surface area contributed by atoms with Crippen molar-refractivity contribution in [3.8, 4) is 0 Å². The number of aromatic nitrogens is 3. The van der Waals surface area contributed by atoms with Crippen molar-refractivity contribution in [2.24, 2.45) is 0 Å². The van der Waals surface area contributed by atoms with E-state index in [-0.39, 0.29) is 5.69 Å². The molecule has 0 fully saturated rings. The highest BCUT2D eigenvalue weighted by atomic mass is 35.5. The highest BCUT2D eigenvalue weighted by Gasteiger charge is 2.39. The van der Waals surface area contributed by atoms with E-state index in [1.54, 1.807) is 0 Å². The summed E-state index contributed by atoms with van der Waals surface area (Å²) in [6, 6.07) is 6.89. The molecule has 0 bridgehead atoms. The third kappa shape index (κ3) is 3.80. The molecule has 2 N–H and O–H groups in total. The van der Waals surface area contributed by atoms with Gasteiger partial charge in [0, 0.05) is 23.6 Å². The van der Waals surface area contributed by atoms with Crippen molar-refractivity contribution < 1.29 is 18.0 Å². The van der Waals surface area contributed by atoms with Gasteiger partial charge in [-0.3, -0.25) is 9.48 Å². The highest BCUT2D eigenvalue weighted by Crippen LogP contribution is 2.36. The van der Waals surface area contributed by atoms with E-state index < -0.39 is 28.8 Å². The first-order chi connectivity index (χ1) is 12.7. The molecule has 9 heteroatoms. The van der Waals surface area contributed by atoms with Crippen LogP contribution in [0.25, 0.3) is 10.9 Å². The number of amides is 1. The summed E-state index contributed by atoms with van der Waals surface area (Å²) in [6.07, 6.45) is -2.19. The van der Waals surface area contributed by atoms with Gasteiger partial charge in [-0.05, 0) is 31.9 Å². The molecule has 2 aromatic heterocycles. The van der Waals surface area contributed by atoms with E-state index in [9.17, 15) is 18.0 Å². The summed E-state index contributed by atoms with van der Waals surface area (Å²) in [4.78, 5) is 15.5. The molecular weight excluding hydrogens is 381 g/mol. The number of carbonyl (C=O) groups is 1. The molecule has 0 radical (unpaired) electrons. The van der Waals surface area contributed by atoms with Gasteiger partial charge in [-0.2, -0.15) is 18.3 Å². The summed E-state index contributed by atoms with van der Waals surface area (Å²) in [6.45, 7) is 3.24. The van der Waals surface area contributed by atoms with Crippen LogP contribution in [0.1, 0.15) is 29.9 Å². The van der Waals surface area contributed by atoms with Gasteiger partial charge in [0.15, 0.2) is 5.69 Å². The van der Waals surface area contributed by atoms with Crippen molar-refractivity contribution in [1.82, 2.24) is 20.1 Å². The van der Waals surface area contributed by atoms with Gasteiger partial charge in [0.1, 0.15) is 6.04 Å². The van der Waals surface area contributed by atoms with Gasteiger partial charge < -0.3 is 10.3 Å². The van der Waals surface area contributed by atoms with Gasteiger partial charge in [-0.25, -0.2) is 0 Å². The molecule has 0 aliphatic carbocycles. The number of para-hydroxylation sites is 1. The van der Waals surface area contributed by atoms with E-state index in [4.69, 9.17) is 11.6 Å². The van der Waals surface area contributed by atoms with Crippen LogP contribution in [0, 0.1) is 6.92 Å². The topological polar surface area (TPSA) is 62.7 Å². The molecule has 0 saturated heterocycles. The Labute approximate surface area is 158 Å². The fourth-order valence-electron chi connectivity index (χ4n) is 2.97. The number of halogens is 4. The Morgan fingerprint density at radius 3 is 2.74 bits per heavy atom. The minimum Gasteiger partial charge on any atom is -0.361 e. The highest BCUT2D eigenvalue weighted by molar-refractivity contribution is 6.32. The maximum absolute atomic E-state index is 12.9. The molecule has 1 amide bonds. The second kappa shape index (κ2) is 7.26. The zero-order valence-electron chi connectivity index (χ0n) is 14.7. The fraction of sp³-hybridized carbons (Fsp3) is 0.333. The number of carbonyl (C=O) groups excluding carboxylic acids is 1. The summed E-state index contributed by atoms with van der Waals surface area (Å²) in [7, 11) is 0. The predicted molar refractivity (Wildman–Crippen MR) is 96.7 cm³/mol. The van der Waals surface area contributed by atoms with E-state index in [2.05, 4.69) is 15.4 Å². The Morgan fingerprint density at radius 2 is 2.07 bits per heavy atom. The number of rotatable bonds is 5. The lowest BCUT2D eigenvalue weighted by Crippen LogP contribution is -2.33. The fourth-order valence-corrected chi connectivity index (χ4v) is 3.21. The smallest absolute Gasteiger partial charge is 0.361 e. The standard InChI is InChI=1S/C18H18ClF3N4O/c1-10-15(19)16(18(20,21)22)25-26(10)11(2)17(27)23-8-7-12-9-24-14-6-4-3-5-13(12)14/h3-6,9,11,24H,7-8H2,1-2H3,(H,23,27). The van der Waals surface area contributed by atoms with E-state index in [0.717, 1.165) is 21.1 Å². The predicted octanol–water partition coefficient (Wildman–Crippen LogP) is 4.26. The lowest BCUT2D eigenvalue weighted by atomic mass is 10.1. The second-order valence-electron chi connectivity index (χ2n) is 6.27. The zero-order valence-corrected chi connectivity index (χ0v) is 15.4. The van der Waals surface area contributed by atoms with Crippen LogP contribution in [-0.4, -0.2) is 27.2 Å². The van der Waals surface area contributed by atoms with Crippen molar-refractivity contribution >= 4 is 28.4 Å². The van der Waals surface area contributed by atoms with E-state index in [1.807, 2.05) is 30.5 Å². The van der Waals surface area contributed by atoms with Crippen LogP contribution in [0.15, 0.2) is 30.5 Å². The van der Waals surface area contributed by atoms with Crippen LogP contribution in [0.5, 0.6) is 0 Å². The molecule has 144 valence electrons. The van der Waals surface area contributed by atoms with Crippen molar-refractivity contribution in [3.63, 3.8) is 0 Å². The number of H-pyrrole nitrogens is 1. The van der Waals surface area contributed by atoms with Crippen molar-refractivity contribution in [1.29, 1.82) is 0 Å². The quantitative estimate of drug-likeness (QED) is 0.674. The molecule has 0 spiro atoms. The second-order valence-corrected chi connectivity index (χ2v) is 6.64. The third-order valence-corrected chi connectivity index (χ3v) is 4.91. The summed E-state index contributed by atoms with van der Waals surface area (Å²) in [5.41, 5.74) is 0.980. The maximum Gasteiger partial charge on any atom is 0.436 e. The van der Waals surface area contributed by atoms with Crippen molar-refractivity contribution in [3.05, 3.63) is 52.4 Å². The number of hydrogen-bond donors (Lipinski definition) is 2. The van der Waals surface area contributed by atoms with E-state index in [0.29, 0.717) is 13.0 Å². The Morgan fingerprint density at radius 1 is 1.37 bits per heavy atom. The van der Waals surface area contributed by atoms with Gasteiger partial charge in [0.2, 0.25) is 5.91 Å². The van der Waals surface area contributed by atoms with Crippen LogP contribution in [0.3, 0.4) is 0 Å². The molecule has 27 heavy (non-hydrogen) atoms. The van der Waals surface area contributed by atoms with Crippen LogP contribution >= 0.6 is 11.6 Å². The largest absolute Gasteiger partial charge is 0.436 e. The number of alkyl halides is 3. The van der Waals surface area contributed by atoms with Crippen molar-refractivity contribution in [2.45, 2.75) is 32.5 Å². The number of nitrogens with zero attached hydrogens (tertiary/aromatic N) is 2. The average Bonchev–Trinajstić information content (AvgIpc) is 3.16. The number of aromatic amines is 1. The number of nitrogens with one attached hydrogen (secondary N) is 2. The Bertz CT molecular complexity index is 977. The molecule has 5 nitrogen and oxygen atoms in total. The average molecular weight is 399 g/mol. The molecule has 1 aromatic carbocycles. The summed E-state index contributed by atoms with van der Waals surface area (Å²) in [5, 5.41) is 6.82. The minimum absolute atomic E-state index is 0.100. The molecule has 0 aliphatic rings. The first kappa shape index (κ1) is 19.3. The number of fused-ring (bicyclic) bond motifs is 1. The Balaban J connectivity index is 1.66. The SMILES string of the molecule is Cc1c(Cl)c(C(F)(F)F)nn1C(C)C(=O)NCCc1c[nH]c2ccccc12. The van der Waals surface area contributed by atoms with Gasteiger partial charge in [0.25, 0.3) is 0 Å². The van der Waals surface area contributed by atoms with Gasteiger partial charge in [-0.15, -0.1) is 0 Å². The monoisotopic (exact) mass is 398 g/mol. The Hall–Kier alpha value is -2.48.